The lowest BCUT2D eigenvalue weighted by atomic mass is 9.82. The summed E-state index contributed by atoms with van der Waals surface area (Å²) in [7, 11) is 0. The van der Waals surface area contributed by atoms with Crippen LogP contribution in [0.1, 0.15) is 55.1 Å². The van der Waals surface area contributed by atoms with Crippen LogP contribution in [0.5, 0.6) is 0 Å². The molecule has 2 aromatic rings. The molecule has 1 unspecified atom stereocenters. The molecule has 4 rings (SSSR count). The van der Waals surface area contributed by atoms with Gasteiger partial charge in [-0.25, -0.2) is 4.98 Å². The summed E-state index contributed by atoms with van der Waals surface area (Å²) < 4.78 is 2.54. The molecule has 19 heavy (non-hydrogen) atoms. The fourth-order valence-corrected chi connectivity index (χ4v) is 5.04. The Morgan fingerprint density at radius 3 is 2.84 bits per heavy atom. The minimum absolute atomic E-state index is 0.799. The number of hydrogen-bond acceptors (Lipinski definition) is 2. The average Bonchev–Trinajstić information content (AvgIpc) is 2.92. The second kappa shape index (κ2) is 4.34. The molecule has 0 saturated heterocycles. The summed E-state index contributed by atoms with van der Waals surface area (Å²) >= 11 is 1.95. The van der Waals surface area contributed by atoms with Gasteiger partial charge in [-0.2, -0.15) is 0 Å². The van der Waals surface area contributed by atoms with Gasteiger partial charge in [0.05, 0.1) is 5.69 Å². The van der Waals surface area contributed by atoms with Crippen LogP contribution >= 0.6 is 11.3 Å². The smallest absolute Gasteiger partial charge is 0.194 e. The number of thiazole rings is 1. The van der Waals surface area contributed by atoms with Crippen LogP contribution < -0.4 is 0 Å². The topological polar surface area (TPSA) is 17.3 Å². The molecule has 0 N–H and O–H groups in total. The summed E-state index contributed by atoms with van der Waals surface area (Å²) in [4.78, 5) is 7.83. The highest BCUT2D eigenvalue weighted by Crippen LogP contribution is 2.36. The lowest BCUT2D eigenvalue weighted by molar-refractivity contribution is 0.337. The molecule has 0 aliphatic heterocycles. The Balaban J connectivity index is 1.85. The zero-order chi connectivity index (χ0) is 13.0. The van der Waals surface area contributed by atoms with Gasteiger partial charge in [-0.05, 0) is 56.8 Å². The standard InChI is InChI=1S/C16H22N2S/c1-10(2)11-7-8-12-14(9-11)18-13-5-3-4-6-15(13)19-16(18)17-12/h10-11H,3-9H2,1-2H3. The second-order valence-electron chi connectivity index (χ2n) is 6.55. The fourth-order valence-electron chi connectivity index (χ4n) is 3.79. The van der Waals surface area contributed by atoms with Crippen LogP contribution in [0, 0.1) is 11.8 Å². The molecule has 0 saturated carbocycles. The average molecular weight is 274 g/mol. The molecule has 2 aliphatic carbocycles. The largest absolute Gasteiger partial charge is 0.291 e. The van der Waals surface area contributed by atoms with E-state index < -0.39 is 0 Å². The first kappa shape index (κ1) is 12.0. The second-order valence-corrected chi connectivity index (χ2v) is 7.61. The molecule has 2 nitrogen and oxygen atoms in total. The van der Waals surface area contributed by atoms with Gasteiger partial charge in [-0.1, -0.05) is 13.8 Å². The van der Waals surface area contributed by atoms with Crippen LogP contribution in [-0.4, -0.2) is 9.38 Å². The van der Waals surface area contributed by atoms with E-state index in [-0.39, 0.29) is 0 Å². The van der Waals surface area contributed by atoms with E-state index in [1.807, 2.05) is 11.3 Å². The molecular weight excluding hydrogens is 252 g/mol. The predicted octanol–water partition coefficient (Wildman–Crippen LogP) is 4.04. The van der Waals surface area contributed by atoms with E-state index in [0.717, 1.165) is 11.8 Å². The van der Waals surface area contributed by atoms with Crippen LogP contribution in [0.4, 0.5) is 0 Å². The minimum atomic E-state index is 0.799. The van der Waals surface area contributed by atoms with Gasteiger partial charge in [0, 0.05) is 16.3 Å². The van der Waals surface area contributed by atoms with Crippen molar-refractivity contribution in [2.75, 3.05) is 0 Å². The van der Waals surface area contributed by atoms with Gasteiger partial charge >= 0.3 is 0 Å². The first-order valence-electron chi connectivity index (χ1n) is 7.75. The third-order valence-electron chi connectivity index (χ3n) is 5.05. The third kappa shape index (κ3) is 1.78. The summed E-state index contributed by atoms with van der Waals surface area (Å²) in [5, 5.41) is 0. The Kier molecular flexibility index (Phi) is 2.73. The Labute approximate surface area is 118 Å². The quantitative estimate of drug-likeness (QED) is 0.767. The van der Waals surface area contributed by atoms with Gasteiger partial charge < -0.3 is 0 Å². The Bertz CT molecular complexity index is 620. The Morgan fingerprint density at radius 1 is 1.16 bits per heavy atom. The molecule has 0 amide bonds. The van der Waals surface area contributed by atoms with Gasteiger partial charge in [-0.3, -0.25) is 4.40 Å². The third-order valence-corrected chi connectivity index (χ3v) is 6.19. The van der Waals surface area contributed by atoms with Crippen molar-refractivity contribution in [1.29, 1.82) is 0 Å². The predicted molar refractivity (Wildman–Crippen MR) is 80.1 cm³/mol. The van der Waals surface area contributed by atoms with Gasteiger partial charge in [0.25, 0.3) is 0 Å². The summed E-state index contributed by atoms with van der Waals surface area (Å²) in [5.74, 6) is 1.65. The summed E-state index contributed by atoms with van der Waals surface area (Å²) in [6.07, 6.45) is 9.06. The fraction of sp³-hybridized carbons (Fsp3) is 0.688. The number of imidazole rings is 1. The highest BCUT2D eigenvalue weighted by molar-refractivity contribution is 7.17. The van der Waals surface area contributed by atoms with E-state index in [1.54, 1.807) is 16.3 Å². The summed E-state index contributed by atoms with van der Waals surface area (Å²) in [6, 6.07) is 0. The van der Waals surface area contributed by atoms with E-state index in [4.69, 9.17) is 4.98 Å². The minimum Gasteiger partial charge on any atom is -0.291 e. The monoisotopic (exact) mass is 274 g/mol. The van der Waals surface area contributed by atoms with Crippen LogP contribution in [0.15, 0.2) is 0 Å². The lowest BCUT2D eigenvalue weighted by Gasteiger charge is -2.25. The maximum Gasteiger partial charge on any atom is 0.194 e. The van der Waals surface area contributed by atoms with Gasteiger partial charge in [0.1, 0.15) is 0 Å². The van der Waals surface area contributed by atoms with Crippen molar-refractivity contribution in [2.45, 2.75) is 58.8 Å². The van der Waals surface area contributed by atoms with Gasteiger partial charge in [0.15, 0.2) is 4.96 Å². The van der Waals surface area contributed by atoms with Crippen molar-refractivity contribution in [3.63, 3.8) is 0 Å². The molecule has 2 aliphatic rings. The Hall–Kier alpha value is -0.830. The van der Waals surface area contributed by atoms with E-state index in [0.29, 0.717) is 0 Å². The summed E-state index contributed by atoms with van der Waals surface area (Å²) in [5.41, 5.74) is 4.56. The lowest BCUT2D eigenvalue weighted by Crippen LogP contribution is -2.20. The normalized spacial score (nSPS) is 22.8. The van der Waals surface area contributed by atoms with Gasteiger partial charge in [-0.15, -0.1) is 11.3 Å². The van der Waals surface area contributed by atoms with E-state index >= 15 is 0 Å². The molecule has 0 spiro atoms. The zero-order valence-electron chi connectivity index (χ0n) is 11.9. The maximum absolute atomic E-state index is 4.93. The van der Waals surface area contributed by atoms with Crippen LogP contribution in [0.3, 0.4) is 0 Å². The first-order valence-corrected chi connectivity index (χ1v) is 8.56. The number of aryl methyl sites for hydroxylation is 3. The number of fused-ring (bicyclic) bond motifs is 5. The van der Waals surface area contributed by atoms with Crippen LogP contribution in [0.25, 0.3) is 4.96 Å². The highest BCUT2D eigenvalue weighted by Gasteiger charge is 2.28. The van der Waals surface area contributed by atoms with Crippen LogP contribution in [0.2, 0.25) is 0 Å². The molecular formula is C16H22N2S. The molecule has 0 radical (unpaired) electrons. The van der Waals surface area contributed by atoms with Crippen molar-refractivity contribution in [1.82, 2.24) is 9.38 Å². The Morgan fingerprint density at radius 2 is 2.00 bits per heavy atom. The molecule has 102 valence electrons. The first-order chi connectivity index (χ1) is 9.24. The highest BCUT2D eigenvalue weighted by atomic mass is 32.1. The van der Waals surface area contributed by atoms with Crippen molar-refractivity contribution in [3.05, 3.63) is 22.0 Å². The molecule has 0 aromatic carbocycles. The van der Waals surface area contributed by atoms with Crippen molar-refractivity contribution in [2.24, 2.45) is 11.8 Å². The van der Waals surface area contributed by atoms with Crippen molar-refractivity contribution >= 4 is 16.3 Å². The van der Waals surface area contributed by atoms with E-state index in [1.165, 1.54) is 55.6 Å². The summed E-state index contributed by atoms with van der Waals surface area (Å²) in [6.45, 7) is 4.74. The van der Waals surface area contributed by atoms with E-state index in [9.17, 15) is 0 Å². The molecule has 1 atom stereocenters. The molecule has 2 aromatic heterocycles. The molecule has 2 heterocycles. The number of nitrogens with zero attached hydrogens (tertiary/aromatic N) is 2. The number of hydrogen-bond donors (Lipinski definition) is 0. The van der Waals surface area contributed by atoms with Crippen molar-refractivity contribution in [3.8, 4) is 0 Å². The molecule has 0 bridgehead atoms. The number of rotatable bonds is 1. The SMILES string of the molecule is CC(C)C1CCc2nc3sc4c(n3c2C1)CCCC4. The number of aromatic nitrogens is 2. The van der Waals surface area contributed by atoms with Crippen LogP contribution in [-0.2, 0) is 25.7 Å². The van der Waals surface area contributed by atoms with Crippen molar-refractivity contribution < 1.29 is 0 Å². The van der Waals surface area contributed by atoms with E-state index in [2.05, 4.69) is 18.2 Å². The van der Waals surface area contributed by atoms with Gasteiger partial charge in [0.2, 0.25) is 0 Å². The zero-order valence-corrected chi connectivity index (χ0v) is 12.7. The molecule has 3 heteroatoms. The molecule has 0 fully saturated rings. The maximum atomic E-state index is 4.93.